The second-order valence-electron chi connectivity index (χ2n) is 4.14. The molecule has 0 aliphatic carbocycles. The number of hydrogen-bond acceptors (Lipinski definition) is 4. The molecule has 0 bridgehead atoms. The molecular formula is C11H25NO3S. The average molecular weight is 251 g/mol. The van der Waals surface area contributed by atoms with Gasteiger partial charge in [0.2, 0.25) is 0 Å². The molecule has 0 radical (unpaired) electrons. The van der Waals surface area contributed by atoms with E-state index in [2.05, 4.69) is 19.2 Å². The van der Waals surface area contributed by atoms with Crippen LogP contribution in [0.3, 0.4) is 0 Å². The van der Waals surface area contributed by atoms with Crippen molar-refractivity contribution in [3.8, 4) is 0 Å². The zero-order chi connectivity index (χ0) is 12.4. The third kappa shape index (κ3) is 9.12. The topological polar surface area (TPSA) is 55.4 Å². The standard InChI is InChI=1S/C11H25NO3S/c1-4-7-12-11(2)6-5-9-16(13,14)10-8-15-3/h11-12H,4-10H2,1-3H3. The Labute approximate surface area is 99.7 Å². The minimum absolute atomic E-state index is 0.139. The Morgan fingerprint density at radius 2 is 2.00 bits per heavy atom. The van der Waals surface area contributed by atoms with Crippen molar-refractivity contribution >= 4 is 9.84 Å². The smallest absolute Gasteiger partial charge is 0.152 e. The van der Waals surface area contributed by atoms with Gasteiger partial charge in [-0.1, -0.05) is 6.92 Å². The van der Waals surface area contributed by atoms with E-state index in [-0.39, 0.29) is 11.5 Å². The Kier molecular flexibility index (Phi) is 8.89. The van der Waals surface area contributed by atoms with E-state index in [1.165, 1.54) is 7.11 Å². The van der Waals surface area contributed by atoms with Crippen LogP contribution in [0.2, 0.25) is 0 Å². The average Bonchev–Trinajstić information content (AvgIpc) is 2.23. The van der Waals surface area contributed by atoms with Gasteiger partial charge in [0.1, 0.15) is 0 Å². The van der Waals surface area contributed by atoms with Crippen LogP contribution >= 0.6 is 0 Å². The number of nitrogens with one attached hydrogen (secondary N) is 1. The molecule has 0 aliphatic heterocycles. The van der Waals surface area contributed by atoms with Gasteiger partial charge >= 0.3 is 0 Å². The highest BCUT2D eigenvalue weighted by Crippen LogP contribution is 2.01. The predicted octanol–water partition coefficient (Wildman–Crippen LogP) is 1.22. The van der Waals surface area contributed by atoms with Crippen molar-refractivity contribution in [1.29, 1.82) is 0 Å². The summed E-state index contributed by atoms with van der Waals surface area (Å²) < 4.78 is 27.7. The van der Waals surface area contributed by atoms with Crippen molar-refractivity contribution in [1.82, 2.24) is 5.32 Å². The molecular weight excluding hydrogens is 226 g/mol. The molecule has 1 N–H and O–H groups in total. The molecule has 0 rings (SSSR count). The van der Waals surface area contributed by atoms with Gasteiger partial charge in [-0.25, -0.2) is 8.42 Å². The molecule has 0 spiro atoms. The summed E-state index contributed by atoms with van der Waals surface area (Å²) in [5.41, 5.74) is 0. The van der Waals surface area contributed by atoms with Gasteiger partial charge in [0.15, 0.2) is 9.84 Å². The van der Waals surface area contributed by atoms with E-state index in [1.54, 1.807) is 0 Å². The maximum atomic E-state index is 11.5. The number of sulfone groups is 1. The van der Waals surface area contributed by atoms with E-state index >= 15 is 0 Å². The molecule has 0 saturated carbocycles. The summed E-state index contributed by atoms with van der Waals surface area (Å²) in [5, 5.41) is 3.34. The van der Waals surface area contributed by atoms with Crippen LogP contribution in [-0.2, 0) is 14.6 Å². The maximum Gasteiger partial charge on any atom is 0.152 e. The summed E-state index contributed by atoms with van der Waals surface area (Å²) >= 11 is 0. The molecule has 16 heavy (non-hydrogen) atoms. The fourth-order valence-corrected chi connectivity index (χ4v) is 2.65. The van der Waals surface area contributed by atoms with Crippen LogP contribution in [0.25, 0.3) is 0 Å². The molecule has 0 aromatic carbocycles. The first-order chi connectivity index (χ1) is 7.52. The van der Waals surface area contributed by atoms with E-state index < -0.39 is 9.84 Å². The Balaban J connectivity index is 3.63. The van der Waals surface area contributed by atoms with Crippen molar-refractivity contribution < 1.29 is 13.2 Å². The Hall–Kier alpha value is -0.130. The minimum Gasteiger partial charge on any atom is -0.384 e. The third-order valence-electron chi connectivity index (χ3n) is 2.43. The lowest BCUT2D eigenvalue weighted by Gasteiger charge is -2.12. The van der Waals surface area contributed by atoms with Gasteiger partial charge in [-0.05, 0) is 32.7 Å². The lowest BCUT2D eigenvalue weighted by atomic mass is 10.2. The summed E-state index contributed by atoms with van der Waals surface area (Å²) in [6, 6.07) is 0.401. The Bertz CT molecular complexity index is 252. The summed E-state index contributed by atoms with van der Waals surface area (Å²) in [5.74, 6) is 0.411. The van der Waals surface area contributed by atoms with Gasteiger partial charge < -0.3 is 10.1 Å². The van der Waals surface area contributed by atoms with Crippen molar-refractivity contribution in [2.75, 3.05) is 31.8 Å². The van der Waals surface area contributed by atoms with Gasteiger partial charge in [-0.15, -0.1) is 0 Å². The molecule has 0 heterocycles. The van der Waals surface area contributed by atoms with E-state index in [1.807, 2.05) is 0 Å². The fraction of sp³-hybridized carbons (Fsp3) is 1.00. The van der Waals surface area contributed by atoms with Gasteiger partial charge in [0.25, 0.3) is 0 Å². The lowest BCUT2D eigenvalue weighted by molar-refractivity contribution is 0.217. The first-order valence-corrected chi connectivity index (χ1v) is 7.76. The van der Waals surface area contributed by atoms with Crippen LogP contribution in [0.15, 0.2) is 0 Å². The SMILES string of the molecule is CCCNC(C)CCCS(=O)(=O)CCOC. The molecule has 98 valence electrons. The largest absolute Gasteiger partial charge is 0.384 e. The second kappa shape index (κ2) is 8.96. The molecule has 5 heteroatoms. The number of rotatable bonds is 10. The van der Waals surface area contributed by atoms with Crippen molar-refractivity contribution in [2.45, 2.75) is 39.2 Å². The van der Waals surface area contributed by atoms with Crippen LogP contribution in [0.5, 0.6) is 0 Å². The normalized spacial score (nSPS) is 13.9. The summed E-state index contributed by atoms with van der Waals surface area (Å²) in [6.45, 7) is 5.51. The maximum absolute atomic E-state index is 11.5. The van der Waals surface area contributed by atoms with Crippen molar-refractivity contribution in [3.05, 3.63) is 0 Å². The Morgan fingerprint density at radius 1 is 1.31 bits per heavy atom. The summed E-state index contributed by atoms with van der Waals surface area (Å²) in [4.78, 5) is 0. The molecule has 0 saturated heterocycles. The van der Waals surface area contributed by atoms with Gasteiger partial charge in [-0.3, -0.25) is 0 Å². The Morgan fingerprint density at radius 3 is 2.56 bits per heavy atom. The van der Waals surface area contributed by atoms with E-state index in [9.17, 15) is 8.42 Å². The monoisotopic (exact) mass is 251 g/mol. The highest BCUT2D eigenvalue weighted by molar-refractivity contribution is 7.91. The van der Waals surface area contributed by atoms with Crippen molar-refractivity contribution in [3.63, 3.8) is 0 Å². The highest BCUT2D eigenvalue weighted by Gasteiger charge is 2.11. The van der Waals surface area contributed by atoms with Gasteiger partial charge in [-0.2, -0.15) is 0 Å². The molecule has 0 aliphatic rings. The van der Waals surface area contributed by atoms with Crippen molar-refractivity contribution in [2.24, 2.45) is 0 Å². The lowest BCUT2D eigenvalue weighted by Crippen LogP contribution is -2.27. The molecule has 0 amide bonds. The zero-order valence-corrected chi connectivity index (χ0v) is 11.5. The van der Waals surface area contributed by atoms with E-state index in [4.69, 9.17) is 4.74 Å². The second-order valence-corrected chi connectivity index (χ2v) is 6.45. The number of ether oxygens (including phenoxy) is 1. The predicted molar refractivity (Wildman–Crippen MR) is 67.5 cm³/mol. The minimum atomic E-state index is -2.91. The summed E-state index contributed by atoms with van der Waals surface area (Å²) in [6.07, 6.45) is 2.74. The highest BCUT2D eigenvalue weighted by atomic mass is 32.2. The molecule has 0 aromatic heterocycles. The summed E-state index contributed by atoms with van der Waals surface area (Å²) in [7, 11) is -1.39. The van der Waals surface area contributed by atoms with E-state index in [0.717, 1.165) is 25.8 Å². The first kappa shape index (κ1) is 15.9. The van der Waals surface area contributed by atoms with Crippen LogP contribution in [0.1, 0.15) is 33.1 Å². The number of hydrogen-bond donors (Lipinski definition) is 1. The van der Waals surface area contributed by atoms with Gasteiger partial charge in [0, 0.05) is 13.2 Å². The quantitative estimate of drug-likeness (QED) is 0.634. The first-order valence-electron chi connectivity index (χ1n) is 5.94. The third-order valence-corrected chi connectivity index (χ3v) is 4.13. The molecule has 4 nitrogen and oxygen atoms in total. The van der Waals surface area contributed by atoms with Crippen LogP contribution in [0.4, 0.5) is 0 Å². The van der Waals surface area contributed by atoms with Gasteiger partial charge in [0.05, 0.1) is 18.1 Å². The molecule has 0 aromatic rings. The fourth-order valence-electron chi connectivity index (χ4n) is 1.41. The van der Waals surface area contributed by atoms with Crippen LogP contribution in [0, 0.1) is 0 Å². The number of methoxy groups -OCH3 is 1. The van der Waals surface area contributed by atoms with Crippen LogP contribution < -0.4 is 5.32 Å². The molecule has 0 fully saturated rings. The van der Waals surface area contributed by atoms with Crippen LogP contribution in [-0.4, -0.2) is 46.2 Å². The zero-order valence-electron chi connectivity index (χ0n) is 10.7. The molecule has 1 unspecified atom stereocenters. The molecule has 1 atom stereocenters. The van der Waals surface area contributed by atoms with E-state index in [0.29, 0.717) is 12.6 Å².